The molecule has 1 saturated heterocycles. The van der Waals surface area contributed by atoms with E-state index in [0.29, 0.717) is 31.7 Å². The number of amides is 2. The van der Waals surface area contributed by atoms with Crippen molar-refractivity contribution >= 4 is 6.03 Å². The van der Waals surface area contributed by atoms with Gasteiger partial charge in [-0.2, -0.15) is 0 Å². The number of phenolic OH excluding ortho intramolecular Hbond substituents is 1. The van der Waals surface area contributed by atoms with E-state index >= 15 is 0 Å². The number of nitrogens with zero attached hydrogens (tertiary/aromatic N) is 1. The van der Waals surface area contributed by atoms with Gasteiger partial charge in [0.2, 0.25) is 0 Å². The average Bonchev–Trinajstić information content (AvgIpc) is 2.70. The number of urea groups is 1. The van der Waals surface area contributed by atoms with Crippen molar-refractivity contribution in [2.45, 2.75) is 52.2 Å². The Hall–Kier alpha value is -1.75. The molecular weight excluding hydrogens is 280 g/mol. The lowest BCUT2D eigenvalue weighted by atomic mass is 9.99. The monoisotopic (exact) mass is 306 g/mol. The molecule has 1 aliphatic heterocycles. The van der Waals surface area contributed by atoms with Gasteiger partial charge in [0.1, 0.15) is 5.75 Å². The molecule has 0 spiro atoms. The maximum atomic E-state index is 12.2. The second-order valence-corrected chi connectivity index (χ2v) is 6.67. The van der Waals surface area contributed by atoms with E-state index in [1.807, 2.05) is 39.8 Å². The Bertz CT molecular complexity index is 546. The fourth-order valence-corrected chi connectivity index (χ4v) is 3.04. The van der Waals surface area contributed by atoms with Gasteiger partial charge in [-0.05, 0) is 57.2 Å². The van der Waals surface area contributed by atoms with Crippen molar-refractivity contribution in [3.05, 3.63) is 28.8 Å². The summed E-state index contributed by atoms with van der Waals surface area (Å²) in [7, 11) is 0. The third kappa shape index (κ3) is 3.19. The van der Waals surface area contributed by atoms with Gasteiger partial charge in [-0.3, -0.25) is 0 Å². The Morgan fingerprint density at radius 3 is 2.45 bits per heavy atom. The first-order valence-electron chi connectivity index (χ1n) is 7.76. The zero-order valence-corrected chi connectivity index (χ0v) is 13.8. The highest BCUT2D eigenvalue weighted by atomic mass is 16.3. The van der Waals surface area contributed by atoms with Gasteiger partial charge in [-0.25, -0.2) is 4.79 Å². The Balaban J connectivity index is 1.90. The minimum atomic E-state index is -0.518. The number of aliphatic hydroxyl groups is 1. The number of phenols is 1. The molecule has 1 aromatic carbocycles. The first kappa shape index (κ1) is 16.6. The molecule has 5 heteroatoms. The lowest BCUT2D eigenvalue weighted by molar-refractivity contribution is 0.0698. The van der Waals surface area contributed by atoms with Crippen LogP contribution in [0.3, 0.4) is 0 Å². The van der Waals surface area contributed by atoms with Crippen LogP contribution < -0.4 is 5.32 Å². The maximum Gasteiger partial charge on any atom is 0.317 e. The summed E-state index contributed by atoms with van der Waals surface area (Å²) in [6, 6.07) is 3.75. The molecule has 0 radical (unpaired) electrons. The lowest BCUT2D eigenvalue weighted by Crippen LogP contribution is -2.52. The van der Waals surface area contributed by atoms with Crippen molar-refractivity contribution in [1.82, 2.24) is 10.2 Å². The molecule has 2 rings (SSSR count). The molecule has 1 aliphatic rings. The van der Waals surface area contributed by atoms with Crippen LogP contribution in [0, 0.1) is 13.8 Å². The first-order valence-corrected chi connectivity index (χ1v) is 7.76. The van der Waals surface area contributed by atoms with Crippen LogP contribution in [0.2, 0.25) is 0 Å². The van der Waals surface area contributed by atoms with Gasteiger partial charge < -0.3 is 20.4 Å². The molecule has 1 atom stereocenters. The molecule has 5 nitrogen and oxygen atoms in total. The number of hydrogen-bond acceptors (Lipinski definition) is 3. The molecule has 22 heavy (non-hydrogen) atoms. The standard InChI is InChI=1S/C17H26N2O3/c1-11-9-13(10-12(2)15(11)21)5-7-18-16(22)19-8-6-14(20)17(19,3)4/h9-10,14,20-21H,5-8H2,1-4H3,(H,18,22). The largest absolute Gasteiger partial charge is 0.507 e. The second-order valence-electron chi connectivity index (χ2n) is 6.67. The van der Waals surface area contributed by atoms with Crippen LogP contribution in [-0.2, 0) is 6.42 Å². The number of aromatic hydroxyl groups is 1. The smallest absolute Gasteiger partial charge is 0.317 e. The van der Waals surface area contributed by atoms with E-state index in [1.165, 1.54) is 0 Å². The molecule has 0 aromatic heterocycles. The minimum Gasteiger partial charge on any atom is -0.507 e. The zero-order chi connectivity index (χ0) is 16.5. The zero-order valence-electron chi connectivity index (χ0n) is 13.8. The molecular formula is C17H26N2O3. The van der Waals surface area contributed by atoms with Gasteiger partial charge in [0.25, 0.3) is 0 Å². The number of rotatable bonds is 3. The van der Waals surface area contributed by atoms with E-state index in [-0.39, 0.29) is 6.03 Å². The van der Waals surface area contributed by atoms with E-state index in [2.05, 4.69) is 5.32 Å². The number of aryl methyl sites for hydroxylation is 2. The molecule has 0 saturated carbocycles. The number of benzene rings is 1. The quantitative estimate of drug-likeness (QED) is 0.801. The van der Waals surface area contributed by atoms with Gasteiger partial charge in [0.15, 0.2) is 0 Å². The van der Waals surface area contributed by atoms with Crippen LogP contribution in [-0.4, -0.2) is 45.9 Å². The normalized spacial score (nSPS) is 20.2. The molecule has 1 fully saturated rings. The van der Waals surface area contributed by atoms with Crippen molar-refractivity contribution in [3.63, 3.8) is 0 Å². The first-order chi connectivity index (χ1) is 10.2. The third-order valence-corrected chi connectivity index (χ3v) is 4.62. The van der Waals surface area contributed by atoms with Gasteiger partial charge in [-0.15, -0.1) is 0 Å². The lowest BCUT2D eigenvalue weighted by Gasteiger charge is -2.33. The number of aliphatic hydroxyl groups excluding tert-OH is 1. The minimum absolute atomic E-state index is 0.131. The maximum absolute atomic E-state index is 12.2. The van der Waals surface area contributed by atoms with Crippen LogP contribution in [0.25, 0.3) is 0 Å². The summed E-state index contributed by atoms with van der Waals surface area (Å²) < 4.78 is 0. The molecule has 0 aliphatic carbocycles. The fourth-order valence-electron chi connectivity index (χ4n) is 3.04. The number of likely N-dealkylation sites (tertiary alicyclic amines) is 1. The molecule has 0 bridgehead atoms. The summed E-state index contributed by atoms with van der Waals surface area (Å²) >= 11 is 0. The topological polar surface area (TPSA) is 72.8 Å². The summed E-state index contributed by atoms with van der Waals surface area (Å²) in [5.74, 6) is 0.334. The van der Waals surface area contributed by atoms with Gasteiger partial charge in [0, 0.05) is 13.1 Å². The average molecular weight is 306 g/mol. The molecule has 122 valence electrons. The number of nitrogens with one attached hydrogen (secondary N) is 1. The van der Waals surface area contributed by atoms with E-state index < -0.39 is 11.6 Å². The van der Waals surface area contributed by atoms with Crippen LogP contribution in [0.5, 0.6) is 5.75 Å². The van der Waals surface area contributed by atoms with Crippen molar-refractivity contribution in [2.24, 2.45) is 0 Å². The van der Waals surface area contributed by atoms with Crippen molar-refractivity contribution in [3.8, 4) is 5.75 Å². The van der Waals surface area contributed by atoms with E-state index in [1.54, 1.807) is 4.90 Å². The Labute approximate surface area is 131 Å². The Kier molecular flexibility index (Phi) is 4.66. The fraction of sp³-hybridized carbons (Fsp3) is 0.588. The van der Waals surface area contributed by atoms with Crippen LogP contribution in [0.1, 0.15) is 37.0 Å². The highest BCUT2D eigenvalue weighted by Gasteiger charge is 2.42. The van der Waals surface area contributed by atoms with Crippen molar-refractivity contribution in [1.29, 1.82) is 0 Å². The summed E-state index contributed by atoms with van der Waals surface area (Å²) in [4.78, 5) is 13.9. The van der Waals surface area contributed by atoms with Gasteiger partial charge in [0.05, 0.1) is 11.6 Å². The third-order valence-electron chi connectivity index (χ3n) is 4.62. The van der Waals surface area contributed by atoms with E-state index in [4.69, 9.17) is 0 Å². The van der Waals surface area contributed by atoms with Crippen molar-refractivity contribution < 1.29 is 15.0 Å². The molecule has 1 heterocycles. The summed E-state index contributed by atoms with van der Waals surface area (Å²) in [6.07, 6.45) is 0.863. The van der Waals surface area contributed by atoms with Crippen molar-refractivity contribution in [2.75, 3.05) is 13.1 Å². The molecule has 1 aromatic rings. The Morgan fingerprint density at radius 2 is 1.95 bits per heavy atom. The van der Waals surface area contributed by atoms with E-state index in [9.17, 15) is 15.0 Å². The number of hydrogen-bond donors (Lipinski definition) is 3. The molecule has 1 unspecified atom stereocenters. The summed E-state index contributed by atoms with van der Waals surface area (Å²) in [5, 5.41) is 22.6. The van der Waals surface area contributed by atoms with Crippen LogP contribution >= 0.6 is 0 Å². The highest BCUT2D eigenvalue weighted by molar-refractivity contribution is 5.75. The Morgan fingerprint density at radius 1 is 1.36 bits per heavy atom. The molecule has 3 N–H and O–H groups in total. The van der Waals surface area contributed by atoms with Gasteiger partial charge >= 0.3 is 6.03 Å². The number of carbonyl (C=O) groups excluding carboxylic acids is 1. The van der Waals surface area contributed by atoms with E-state index in [0.717, 1.165) is 16.7 Å². The number of carbonyl (C=O) groups is 1. The second kappa shape index (κ2) is 6.16. The van der Waals surface area contributed by atoms with Gasteiger partial charge in [-0.1, -0.05) is 12.1 Å². The predicted molar refractivity (Wildman–Crippen MR) is 86.1 cm³/mol. The predicted octanol–water partition coefficient (Wildman–Crippen LogP) is 2.11. The molecule has 2 amide bonds. The summed E-state index contributed by atoms with van der Waals surface area (Å²) in [5.41, 5.74) is 2.28. The highest BCUT2D eigenvalue weighted by Crippen LogP contribution is 2.28. The SMILES string of the molecule is Cc1cc(CCNC(=O)N2CCC(O)C2(C)C)cc(C)c1O. The van der Waals surface area contributed by atoms with Crippen LogP contribution in [0.15, 0.2) is 12.1 Å². The summed E-state index contributed by atoms with van der Waals surface area (Å²) in [6.45, 7) is 8.63. The van der Waals surface area contributed by atoms with Crippen LogP contribution in [0.4, 0.5) is 4.79 Å².